The van der Waals surface area contributed by atoms with Crippen molar-refractivity contribution in [3.05, 3.63) is 29.8 Å². The molecule has 1 unspecified atom stereocenters. The molecule has 1 aromatic carbocycles. The van der Waals surface area contributed by atoms with E-state index in [1.165, 1.54) is 0 Å². The molecule has 0 saturated heterocycles. The zero-order chi connectivity index (χ0) is 12.7. The Hall–Kier alpha value is -1.55. The second kappa shape index (κ2) is 6.91. The van der Waals surface area contributed by atoms with Crippen LogP contribution in [0.1, 0.15) is 31.9 Å². The molecule has 1 aromatic rings. The van der Waals surface area contributed by atoms with E-state index in [1.807, 2.05) is 6.92 Å². The fourth-order valence-electron chi connectivity index (χ4n) is 1.45. The summed E-state index contributed by atoms with van der Waals surface area (Å²) in [4.78, 5) is 11.2. The fourth-order valence-corrected chi connectivity index (χ4v) is 1.45. The molecular formula is C13H18O4. The van der Waals surface area contributed by atoms with Gasteiger partial charge >= 0.3 is 5.97 Å². The number of carbonyl (C=O) groups excluding carboxylic acids is 1. The fraction of sp³-hybridized carbons (Fsp3) is 0.462. The Labute approximate surface area is 101 Å². The number of rotatable bonds is 6. The van der Waals surface area contributed by atoms with Gasteiger partial charge in [-0.25, -0.2) is 0 Å². The molecule has 0 aliphatic carbocycles. The van der Waals surface area contributed by atoms with E-state index in [2.05, 4.69) is 0 Å². The monoisotopic (exact) mass is 238 g/mol. The highest BCUT2D eigenvalue weighted by atomic mass is 16.5. The van der Waals surface area contributed by atoms with Crippen LogP contribution in [0.15, 0.2) is 24.3 Å². The summed E-state index contributed by atoms with van der Waals surface area (Å²) in [7, 11) is 0. The van der Waals surface area contributed by atoms with Gasteiger partial charge in [0.15, 0.2) is 0 Å². The van der Waals surface area contributed by atoms with E-state index >= 15 is 0 Å². The van der Waals surface area contributed by atoms with E-state index in [-0.39, 0.29) is 6.42 Å². The second-order valence-corrected chi connectivity index (χ2v) is 3.53. The third-order valence-corrected chi connectivity index (χ3v) is 2.24. The lowest BCUT2D eigenvalue weighted by Gasteiger charge is -2.11. The first-order valence-corrected chi connectivity index (χ1v) is 5.73. The van der Waals surface area contributed by atoms with Gasteiger partial charge in [-0.15, -0.1) is 0 Å². The Bertz CT molecular complexity index is 345. The number of carbonyl (C=O) groups is 1. The van der Waals surface area contributed by atoms with Gasteiger partial charge in [0.2, 0.25) is 0 Å². The minimum absolute atomic E-state index is 0.0260. The Morgan fingerprint density at radius 3 is 2.41 bits per heavy atom. The van der Waals surface area contributed by atoms with E-state index in [9.17, 15) is 9.90 Å². The maximum absolute atomic E-state index is 11.2. The maximum atomic E-state index is 11.2. The normalized spacial score (nSPS) is 11.9. The third-order valence-electron chi connectivity index (χ3n) is 2.24. The number of esters is 1. The lowest BCUT2D eigenvalue weighted by Crippen LogP contribution is -2.10. The number of aliphatic hydroxyl groups is 1. The number of hydrogen-bond donors (Lipinski definition) is 1. The first-order valence-electron chi connectivity index (χ1n) is 5.73. The van der Waals surface area contributed by atoms with Gasteiger partial charge in [0.1, 0.15) is 5.75 Å². The number of benzene rings is 1. The van der Waals surface area contributed by atoms with Gasteiger partial charge in [0, 0.05) is 0 Å². The summed E-state index contributed by atoms with van der Waals surface area (Å²) < 4.78 is 10.1. The van der Waals surface area contributed by atoms with E-state index in [0.29, 0.717) is 18.8 Å². The summed E-state index contributed by atoms with van der Waals surface area (Å²) in [6.45, 7) is 4.57. The average Bonchev–Trinajstić information content (AvgIpc) is 2.30. The summed E-state index contributed by atoms with van der Waals surface area (Å²) in [5.41, 5.74) is 0.682. The van der Waals surface area contributed by atoms with Crippen LogP contribution in [0.2, 0.25) is 0 Å². The molecule has 1 atom stereocenters. The molecule has 0 saturated carbocycles. The van der Waals surface area contributed by atoms with E-state index < -0.39 is 12.1 Å². The van der Waals surface area contributed by atoms with Crippen molar-refractivity contribution in [1.82, 2.24) is 0 Å². The van der Waals surface area contributed by atoms with Crippen molar-refractivity contribution in [3.63, 3.8) is 0 Å². The predicted octanol–water partition coefficient (Wildman–Crippen LogP) is 2.07. The van der Waals surface area contributed by atoms with Gasteiger partial charge in [-0.3, -0.25) is 4.79 Å². The van der Waals surface area contributed by atoms with Crippen LogP contribution in [0.3, 0.4) is 0 Å². The smallest absolute Gasteiger partial charge is 0.308 e. The van der Waals surface area contributed by atoms with Gasteiger partial charge in [0.05, 0.1) is 25.7 Å². The van der Waals surface area contributed by atoms with Crippen LogP contribution < -0.4 is 4.74 Å². The molecule has 94 valence electrons. The van der Waals surface area contributed by atoms with Crippen LogP contribution in [0.25, 0.3) is 0 Å². The minimum atomic E-state index is -0.829. The second-order valence-electron chi connectivity index (χ2n) is 3.53. The Balaban J connectivity index is 2.56. The molecular weight excluding hydrogens is 220 g/mol. The summed E-state index contributed by atoms with van der Waals surface area (Å²) >= 11 is 0. The van der Waals surface area contributed by atoms with Crippen LogP contribution in [-0.4, -0.2) is 24.3 Å². The summed E-state index contributed by atoms with van der Waals surface area (Å²) in [5.74, 6) is 0.355. The highest BCUT2D eigenvalue weighted by Gasteiger charge is 2.13. The SMILES string of the molecule is CCOC(=O)CC(O)c1ccc(OCC)cc1. The van der Waals surface area contributed by atoms with Crippen molar-refractivity contribution in [2.45, 2.75) is 26.4 Å². The molecule has 0 fully saturated rings. The molecule has 1 N–H and O–H groups in total. The number of hydrogen-bond acceptors (Lipinski definition) is 4. The predicted molar refractivity (Wildman–Crippen MR) is 63.8 cm³/mol. The zero-order valence-corrected chi connectivity index (χ0v) is 10.2. The summed E-state index contributed by atoms with van der Waals surface area (Å²) in [6.07, 6.45) is -0.855. The van der Waals surface area contributed by atoms with Crippen LogP contribution in [0, 0.1) is 0 Å². The van der Waals surface area contributed by atoms with Gasteiger partial charge in [0.25, 0.3) is 0 Å². The number of ether oxygens (including phenoxy) is 2. The molecule has 4 heteroatoms. The Morgan fingerprint density at radius 1 is 1.24 bits per heavy atom. The van der Waals surface area contributed by atoms with Crippen LogP contribution in [0.5, 0.6) is 5.75 Å². The van der Waals surface area contributed by atoms with Gasteiger partial charge < -0.3 is 14.6 Å². The van der Waals surface area contributed by atoms with Crippen molar-refractivity contribution < 1.29 is 19.4 Å². The molecule has 0 radical (unpaired) electrons. The quantitative estimate of drug-likeness (QED) is 0.771. The van der Waals surface area contributed by atoms with Crippen molar-refractivity contribution >= 4 is 5.97 Å². The van der Waals surface area contributed by atoms with E-state index in [0.717, 1.165) is 5.75 Å². The zero-order valence-electron chi connectivity index (χ0n) is 10.2. The molecule has 0 amide bonds. The molecule has 0 aliphatic rings. The summed E-state index contributed by atoms with van der Waals surface area (Å²) in [5, 5.41) is 9.80. The summed E-state index contributed by atoms with van der Waals surface area (Å²) in [6, 6.07) is 7.03. The van der Waals surface area contributed by atoms with Crippen LogP contribution in [-0.2, 0) is 9.53 Å². The van der Waals surface area contributed by atoms with Crippen LogP contribution in [0.4, 0.5) is 0 Å². The highest BCUT2D eigenvalue weighted by Crippen LogP contribution is 2.20. The topological polar surface area (TPSA) is 55.8 Å². The van der Waals surface area contributed by atoms with Gasteiger partial charge in [-0.2, -0.15) is 0 Å². The van der Waals surface area contributed by atoms with E-state index in [4.69, 9.17) is 9.47 Å². The van der Waals surface area contributed by atoms with Crippen molar-refractivity contribution in [1.29, 1.82) is 0 Å². The lowest BCUT2D eigenvalue weighted by molar-refractivity contribution is -0.145. The van der Waals surface area contributed by atoms with Gasteiger partial charge in [-0.05, 0) is 31.5 Å². The average molecular weight is 238 g/mol. The third kappa shape index (κ3) is 4.44. The molecule has 0 spiro atoms. The highest BCUT2D eigenvalue weighted by molar-refractivity contribution is 5.70. The largest absolute Gasteiger partial charge is 0.494 e. The van der Waals surface area contributed by atoms with Crippen molar-refractivity contribution in [2.75, 3.05) is 13.2 Å². The Morgan fingerprint density at radius 2 is 1.88 bits per heavy atom. The Kier molecular flexibility index (Phi) is 5.49. The first-order chi connectivity index (χ1) is 8.17. The molecule has 17 heavy (non-hydrogen) atoms. The van der Waals surface area contributed by atoms with Crippen molar-refractivity contribution in [2.24, 2.45) is 0 Å². The number of aliphatic hydroxyl groups excluding tert-OH is 1. The van der Waals surface area contributed by atoms with Gasteiger partial charge in [-0.1, -0.05) is 12.1 Å². The molecule has 0 bridgehead atoms. The molecule has 1 rings (SSSR count). The van der Waals surface area contributed by atoms with Crippen LogP contribution >= 0.6 is 0 Å². The molecule has 0 aromatic heterocycles. The van der Waals surface area contributed by atoms with Crippen molar-refractivity contribution in [3.8, 4) is 5.75 Å². The standard InChI is InChI=1S/C13H18O4/c1-3-16-11-7-5-10(6-8-11)12(14)9-13(15)17-4-2/h5-8,12,14H,3-4,9H2,1-2H3. The molecule has 0 aliphatic heterocycles. The molecule has 4 nitrogen and oxygen atoms in total. The first kappa shape index (κ1) is 13.5. The minimum Gasteiger partial charge on any atom is -0.494 e. The molecule has 0 heterocycles. The lowest BCUT2D eigenvalue weighted by atomic mass is 10.1. The maximum Gasteiger partial charge on any atom is 0.308 e. The van der Waals surface area contributed by atoms with E-state index in [1.54, 1.807) is 31.2 Å².